The van der Waals surface area contributed by atoms with Crippen LogP contribution < -0.4 is 5.32 Å². The molecule has 1 fully saturated rings. The van der Waals surface area contributed by atoms with Gasteiger partial charge in [0.15, 0.2) is 0 Å². The minimum Gasteiger partial charge on any atom is -0.462 e. The fourth-order valence-corrected chi connectivity index (χ4v) is 1.41. The average Bonchev–Trinajstić information content (AvgIpc) is 2.67. The van der Waals surface area contributed by atoms with Crippen LogP contribution in [0, 0.1) is 0 Å². The summed E-state index contributed by atoms with van der Waals surface area (Å²) in [6.45, 7) is 2.19. The molecule has 0 amide bonds. The molecule has 4 heteroatoms. The predicted molar refractivity (Wildman–Crippen MR) is 46.2 cm³/mol. The Morgan fingerprint density at radius 2 is 2.46 bits per heavy atom. The maximum absolute atomic E-state index is 8.80. The summed E-state index contributed by atoms with van der Waals surface area (Å²) in [4.78, 5) is 0. The summed E-state index contributed by atoms with van der Waals surface area (Å²) < 4.78 is 10.7. The molecule has 1 atom stereocenters. The molecule has 1 aliphatic rings. The fraction of sp³-hybridized carbons (Fsp3) is 0.556. The Bertz CT molecular complexity index is 266. The molecule has 0 saturated carbocycles. The van der Waals surface area contributed by atoms with Crippen LogP contribution in [0.15, 0.2) is 16.5 Å². The quantitative estimate of drug-likeness (QED) is 0.698. The Hall–Kier alpha value is -0.840. The SMILES string of the molecule is OCc1ccc(C2COCCN2)o1. The van der Waals surface area contributed by atoms with Crippen LogP contribution in [0.25, 0.3) is 0 Å². The number of hydrogen-bond acceptors (Lipinski definition) is 4. The van der Waals surface area contributed by atoms with E-state index in [4.69, 9.17) is 14.3 Å². The summed E-state index contributed by atoms with van der Waals surface area (Å²) in [5.41, 5.74) is 0. The van der Waals surface area contributed by atoms with Gasteiger partial charge in [0.2, 0.25) is 0 Å². The molecule has 0 bridgehead atoms. The van der Waals surface area contributed by atoms with E-state index in [1.807, 2.05) is 6.07 Å². The first-order valence-electron chi connectivity index (χ1n) is 4.41. The second kappa shape index (κ2) is 3.91. The zero-order valence-corrected chi connectivity index (χ0v) is 7.32. The van der Waals surface area contributed by atoms with Crippen molar-refractivity contribution < 1.29 is 14.3 Å². The van der Waals surface area contributed by atoms with Gasteiger partial charge in [-0.2, -0.15) is 0 Å². The molecule has 0 spiro atoms. The first-order valence-corrected chi connectivity index (χ1v) is 4.41. The van der Waals surface area contributed by atoms with Crippen molar-refractivity contribution in [2.75, 3.05) is 19.8 Å². The van der Waals surface area contributed by atoms with Gasteiger partial charge in [0.05, 0.1) is 19.3 Å². The van der Waals surface area contributed by atoms with Crippen molar-refractivity contribution in [1.82, 2.24) is 5.32 Å². The molecule has 2 N–H and O–H groups in total. The molecule has 0 radical (unpaired) electrons. The predicted octanol–water partition coefficient (Wildman–Crippen LogP) is 0.433. The molecule has 0 aliphatic carbocycles. The monoisotopic (exact) mass is 183 g/mol. The number of furan rings is 1. The maximum atomic E-state index is 8.80. The van der Waals surface area contributed by atoms with E-state index in [2.05, 4.69) is 5.32 Å². The summed E-state index contributed by atoms with van der Waals surface area (Å²) in [6.07, 6.45) is 0. The number of hydrogen-bond donors (Lipinski definition) is 2. The lowest BCUT2D eigenvalue weighted by atomic mass is 10.2. The summed E-state index contributed by atoms with van der Waals surface area (Å²) in [6, 6.07) is 3.79. The molecular weight excluding hydrogens is 170 g/mol. The van der Waals surface area contributed by atoms with E-state index in [9.17, 15) is 0 Å². The van der Waals surface area contributed by atoms with Crippen LogP contribution in [0.2, 0.25) is 0 Å². The normalized spacial score (nSPS) is 23.3. The number of nitrogens with one attached hydrogen (secondary N) is 1. The third kappa shape index (κ3) is 1.91. The molecule has 0 aromatic carbocycles. The van der Waals surface area contributed by atoms with Gasteiger partial charge in [-0.3, -0.25) is 0 Å². The van der Waals surface area contributed by atoms with E-state index in [0.29, 0.717) is 12.4 Å². The summed E-state index contributed by atoms with van der Waals surface area (Å²) in [5.74, 6) is 1.44. The van der Waals surface area contributed by atoms with Gasteiger partial charge in [-0.1, -0.05) is 0 Å². The van der Waals surface area contributed by atoms with E-state index in [1.165, 1.54) is 0 Å². The van der Waals surface area contributed by atoms with E-state index in [1.54, 1.807) is 6.07 Å². The van der Waals surface area contributed by atoms with Crippen molar-refractivity contribution in [1.29, 1.82) is 0 Å². The van der Waals surface area contributed by atoms with E-state index in [0.717, 1.165) is 18.9 Å². The van der Waals surface area contributed by atoms with Gasteiger partial charge in [0, 0.05) is 6.54 Å². The highest BCUT2D eigenvalue weighted by molar-refractivity contribution is 5.10. The minimum absolute atomic E-state index is 0.0480. The molecule has 13 heavy (non-hydrogen) atoms. The lowest BCUT2D eigenvalue weighted by molar-refractivity contribution is 0.0688. The van der Waals surface area contributed by atoms with Crippen molar-refractivity contribution in [2.45, 2.75) is 12.6 Å². The number of aliphatic hydroxyl groups excluding tert-OH is 1. The molecule has 1 aromatic heterocycles. The Labute approximate surface area is 76.5 Å². The van der Waals surface area contributed by atoms with E-state index in [-0.39, 0.29) is 12.6 Å². The third-order valence-corrected chi connectivity index (χ3v) is 2.10. The Balaban J connectivity index is 2.05. The largest absolute Gasteiger partial charge is 0.462 e. The highest BCUT2D eigenvalue weighted by Gasteiger charge is 2.18. The molecule has 72 valence electrons. The van der Waals surface area contributed by atoms with Crippen LogP contribution in [-0.4, -0.2) is 24.9 Å². The van der Waals surface area contributed by atoms with E-state index >= 15 is 0 Å². The second-order valence-corrected chi connectivity index (χ2v) is 3.04. The smallest absolute Gasteiger partial charge is 0.129 e. The van der Waals surface area contributed by atoms with Gasteiger partial charge in [-0.05, 0) is 12.1 Å². The van der Waals surface area contributed by atoms with Crippen LogP contribution in [0.3, 0.4) is 0 Å². The van der Waals surface area contributed by atoms with Crippen LogP contribution >= 0.6 is 0 Å². The van der Waals surface area contributed by atoms with Crippen LogP contribution in [-0.2, 0) is 11.3 Å². The Kier molecular flexibility index (Phi) is 2.63. The molecule has 1 unspecified atom stereocenters. The van der Waals surface area contributed by atoms with Gasteiger partial charge in [-0.15, -0.1) is 0 Å². The second-order valence-electron chi connectivity index (χ2n) is 3.04. The minimum atomic E-state index is -0.0480. The Morgan fingerprint density at radius 3 is 3.08 bits per heavy atom. The van der Waals surface area contributed by atoms with Crippen molar-refractivity contribution >= 4 is 0 Å². The van der Waals surface area contributed by atoms with Gasteiger partial charge in [-0.25, -0.2) is 0 Å². The van der Waals surface area contributed by atoms with Gasteiger partial charge < -0.3 is 19.6 Å². The third-order valence-electron chi connectivity index (χ3n) is 2.10. The number of aliphatic hydroxyl groups is 1. The first-order chi connectivity index (χ1) is 6.40. The molecule has 4 nitrogen and oxygen atoms in total. The number of ether oxygens (including phenoxy) is 1. The first kappa shape index (κ1) is 8.74. The lowest BCUT2D eigenvalue weighted by Crippen LogP contribution is -2.34. The highest BCUT2D eigenvalue weighted by atomic mass is 16.5. The summed E-state index contributed by atoms with van der Waals surface area (Å²) >= 11 is 0. The van der Waals surface area contributed by atoms with Crippen LogP contribution in [0.5, 0.6) is 0 Å². The highest BCUT2D eigenvalue weighted by Crippen LogP contribution is 2.18. The topological polar surface area (TPSA) is 54.6 Å². The van der Waals surface area contributed by atoms with Crippen molar-refractivity contribution in [3.63, 3.8) is 0 Å². The zero-order chi connectivity index (χ0) is 9.10. The fourth-order valence-electron chi connectivity index (χ4n) is 1.41. The number of morpholine rings is 1. The van der Waals surface area contributed by atoms with Gasteiger partial charge in [0.1, 0.15) is 18.1 Å². The standard InChI is InChI=1S/C9H13NO3/c11-5-7-1-2-9(13-7)8-6-12-4-3-10-8/h1-2,8,10-11H,3-6H2. The van der Waals surface area contributed by atoms with Crippen molar-refractivity contribution in [2.24, 2.45) is 0 Å². The molecule has 1 saturated heterocycles. The average molecular weight is 183 g/mol. The molecular formula is C9H13NO3. The van der Waals surface area contributed by atoms with Crippen LogP contribution in [0.4, 0.5) is 0 Å². The van der Waals surface area contributed by atoms with E-state index < -0.39 is 0 Å². The van der Waals surface area contributed by atoms with Crippen LogP contribution in [0.1, 0.15) is 17.6 Å². The lowest BCUT2D eigenvalue weighted by Gasteiger charge is -2.21. The van der Waals surface area contributed by atoms with Crippen molar-refractivity contribution in [3.8, 4) is 0 Å². The molecule has 2 heterocycles. The summed E-state index contributed by atoms with van der Waals surface area (Å²) in [7, 11) is 0. The maximum Gasteiger partial charge on any atom is 0.129 e. The Morgan fingerprint density at radius 1 is 1.54 bits per heavy atom. The molecule has 1 aromatic rings. The summed E-state index contributed by atoms with van der Waals surface area (Å²) in [5, 5.41) is 12.1. The number of rotatable bonds is 2. The zero-order valence-electron chi connectivity index (χ0n) is 7.32. The van der Waals surface area contributed by atoms with Gasteiger partial charge >= 0.3 is 0 Å². The molecule has 2 rings (SSSR count). The van der Waals surface area contributed by atoms with Gasteiger partial charge in [0.25, 0.3) is 0 Å². The van der Waals surface area contributed by atoms with Crippen molar-refractivity contribution in [3.05, 3.63) is 23.7 Å². The molecule has 1 aliphatic heterocycles.